The Bertz CT molecular complexity index is 366. The van der Waals surface area contributed by atoms with Crippen molar-refractivity contribution in [2.24, 2.45) is 11.5 Å². The fourth-order valence-electron chi connectivity index (χ4n) is 1.18. The molecule has 94 valence electrons. The molecule has 0 unspecified atom stereocenters. The van der Waals surface area contributed by atoms with Crippen molar-refractivity contribution in [2.45, 2.75) is 12.1 Å². The third-order valence-corrected chi connectivity index (χ3v) is 2.20. The second kappa shape index (κ2) is 6.19. The zero-order valence-corrected chi connectivity index (χ0v) is 9.24. The van der Waals surface area contributed by atoms with E-state index in [2.05, 4.69) is 0 Å². The number of primary amides is 1. The maximum Gasteiger partial charge on any atom is 0.238 e. The summed E-state index contributed by atoms with van der Waals surface area (Å²) < 4.78 is 5.19. The van der Waals surface area contributed by atoms with Gasteiger partial charge in [0.05, 0.1) is 6.61 Å². The molecule has 6 heteroatoms. The molecule has 0 saturated carbocycles. The van der Waals surface area contributed by atoms with E-state index in [4.69, 9.17) is 26.4 Å². The molecule has 0 radical (unpaired) electrons. The average molecular weight is 240 g/mol. The van der Waals surface area contributed by atoms with Gasteiger partial charge in [0.15, 0.2) is 0 Å². The van der Waals surface area contributed by atoms with E-state index in [1.807, 2.05) is 0 Å². The molecule has 1 amide bonds. The zero-order chi connectivity index (χ0) is 12.8. The number of aliphatic hydroxyl groups excluding tert-OH is 2. The lowest BCUT2D eigenvalue weighted by Crippen LogP contribution is -2.28. The van der Waals surface area contributed by atoms with Gasteiger partial charge in [0.2, 0.25) is 5.91 Å². The van der Waals surface area contributed by atoms with Gasteiger partial charge >= 0.3 is 0 Å². The minimum Gasteiger partial charge on any atom is -0.491 e. The molecular formula is C11H16N2O4. The fraction of sp³-hybridized carbons (Fsp3) is 0.364. The molecule has 0 saturated heterocycles. The molecule has 0 spiro atoms. The molecule has 0 aromatic heterocycles. The Morgan fingerprint density at radius 3 is 2.41 bits per heavy atom. The minimum absolute atomic E-state index is 0.00226. The molecule has 6 nitrogen and oxygen atoms in total. The molecule has 1 rings (SSSR count). The third kappa shape index (κ3) is 4.03. The lowest BCUT2D eigenvalue weighted by molar-refractivity contribution is -0.119. The maximum atomic E-state index is 10.8. The molecule has 0 aliphatic rings. The Morgan fingerprint density at radius 2 is 1.94 bits per heavy atom. The standard InChI is InChI=1S/C11H16N2O4/c12-10(11(13)16)7-1-3-9(4-2-7)17-6-8(15)5-14/h1-4,8,10,14-15H,5-6,12H2,(H2,13,16)/t8-,10-/m1/s1. The Morgan fingerprint density at radius 1 is 1.35 bits per heavy atom. The SMILES string of the molecule is NC(=O)[C@H](N)c1ccc(OC[C@H](O)CO)cc1. The molecule has 0 bridgehead atoms. The van der Waals surface area contributed by atoms with Gasteiger partial charge in [0, 0.05) is 0 Å². The van der Waals surface area contributed by atoms with E-state index >= 15 is 0 Å². The van der Waals surface area contributed by atoms with Crippen LogP contribution in [0, 0.1) is 0 Å². The lowest BCUT2D eigenvalue weighted by atomic mass is 10.1. The maximum absolute atomic E-state index is 10.8. The van der Waals surface area contributed by atoms with Crippen molar-refractivity contribution < 1.29 is 19.7 Å². The van der Waals surface area contributed by atoms with Crippen molar-refractivity contribution in [3.8, 4) is 5.75 Å². The number of rotatable bonds is 6. The van der Waals surface area contributed by atoms with E-state index in [9.17, 15) is 4.79 Å². The van der Waals surface area contributed by atoms with E-state index in [1.165, 1.54) is 0 Å². The molecule has 1 aromatic carbocycles. The van der Waals surface area contributed by atoms with Crippen molar-refractivity contribution in [3.05, 3.63) is 29.8 Å². The van der Waals surface area contributed by atoms with Crippen LogP contribution in [0.15, 0.2) is 24.3 Å². The molecule has 0 aliphatic heterocycles. The van der Waals surface area contributed by atoms with Crippen LogP contribution in [0.3, 0.4) is 0 Å². The highest BCUT2D eigenvalue weighted by Gasteiger charge is 2.11. The first-order valence-corrected chi connectivity index (χ1v) is 5.11. The van der Waals surface area contributed by atoms with Crippen LogP contribution in [0.5, 0.6) is 5.75 Å². The van der Waals surface area contributed by atoms with E-state index < -0.39 is 18.1 Å². The van der Waals surface area contributed by atoms with E-state index in [0.29, 0.717) is 11.3 Å². The molecule has 1 aromatic rings. The summed E-state index contributed by atoms with van der Waals surface area (Å²) in [4.78, 5) is 10.8. The number of ether oxygens (including phenoxy) is 1. The van der Waals surface area contributed by atoms with Crippen LogP contribution in [-0.2, 0) is 4.79 Å². The number of carbonyl (C=O) groups is 1. The Hall–Kier alpha value is -1.63. The van der Waals surface area contributed by atoms with E-state index in [-0.39, 0.29) is 13.2 Å². The van der Waals surface area contributed by atoms with Gasteiger partial charge in [-0.3, -0.25) is 4.79 Å². The molecule has 0 fully saturated rings. The summed E-state index contributed by atoms with van der Waals surface area (Å²) in [5, 5.41) is 17.7. The average Bonchev–Trinajstić information content (AvgIpc) is 2.35. The predicted molar refractivity (Wildman–Crippen MR) is 61.2 cm³/mol. The topological polar surface area (TPSA) is 119 Å². The molecule has 0 aliphatic carbocycles. The van der Waals surface area contributed by atoms with Crippen molar-refractivity contribution >= 4 is 5.91 Å². The molecule has 17 heavy (non-hydrogen) atoms. The van der Waals surface area contributed by atoms with Crippen molar-refractivity contribution in [3.63, 3.8) is 0 Å². The van der Waals surface area contributed by atoms with Gasteiger partial charge in [-0.25, -0.2) is 0 Å². The third-order valence-electron chi connectivity index (χ3n) is 2.20. The number of hydrogen-bond donors (Lipinski definition) is 4. The largest absolute Gasteiger partial charge is 0.491 e. The number of aliphatic hydroxyl groups is 2. The molecule has 0 heterocycles. The fourth-order valence-corrected chi connectivity index (χ4v) is 1.18. The van der Waals surface area contributed by atoms with Crippen LogP contribution >= 0.6 is 0 Å². The number of amides is 1. The number of benzene rings is 1. The van der Waals surface area contributed by atoms with Crippen LogP contribution in [0.1, 0.15) is 11.6 Å². The highest BCUT2D eigenvalue weighted by Crippen LogP contribution is 2.16. The Labute approximate surface area is 98.8 Å². The van der Waals surface area contributed by atoms with Crippen LogP contribution in [-0.4, -0.2) is 35.4 Å². The zero-order valence-electron chi connectivity index (χ0n) is 9.24. The summed E-state index contributed by atoms with van der Waals surface area (Å²) in [7, 11) is 0. The minimum atomic E-state index is -0.914. The lowest BCUT2D eigenvalue weighted by Gasteiger charge is -2.11. The Kier molecular flexibility index (Phi) is 4.89. The molecule has 2 atom stereocenters. The predicted octanol–water partition coefficient (Wildman–Crippen LogP) is -1.10. The van der Waals surface area contributed by atoms with Crippen LogP contribution in [0.25, 0.3) is 0 Å². The normalized spacial score (nSPS) is 14.1. The Balaban J connectivity index is 2.59. The van der Waals surface area contributed by atoms with Crippen LogP contribution in [0.2, 0.25) is 0 Å². The van der Waals surface area contributed by atoms with Crippen molar-refractivity contribution in [1.29, 1.82) is 0 Å². The summed E-state index contributed by atoms with van der Waals surface area (Å²) in [6, 6.07) is 5.63. The second-order valence-electron chi connectivity index (χ2n) is 3.60. The summed E-state index contributed by atoms with van der Waals surface area (Å²) >= 11 is 0. The van der Waals surface area contributed by atoms with Gasteiger partial charge in [0.1, 0.15) is 24.5 Å². The van der Waals surface area contributed by atoms with Gasteiger partial charge in [-0.15, -0.1) is 0 Å². The van der Waals surface area contributed by atoms with Crippen molar-refractivity contribution in [1.82, 2.24) is 0 Å². The van der Waals surface area contributed by atoms with Gasteiger partial charge in [-0.2, -0.15) is 0 Å². The van der Waals surface area contributed by atoms with E-state index in [0.717, 1.165) is 0 Å². The van der Waals surface area contributed by atoms with E-state index in [1.54, 1.807) is 24.3 Å². The number of hydrogen-bond acceptors (Lipinski definition) is 5. The second-order valence-corrected chi connectivity index (χ2v) is 3.60. The monoisotopic (exact) mass is 240 g/mol. The van der Waals surface area contributed by atoms with Crippen LogP contribution < -0.4 is 16.2 Å². The number of nitrogens with two attached hydrogens (primary N) is 2. The van der Waals surface area contributed by atoms with Crippen LogP contribution in [0.4, 0.5) is 0 Å². The number of carbonyl (C=O) groups excluding carboxylic acids is 1. The summed E-state index contributed by atoms with van der Waals surface area (Å²) in [5.41, 5.74) is 11.2. The van der Waals surface area contributed by atoms with Gasteiger partial charge < -0.3 is 26.4 Å². The highest BCUT2D eigenvalue weighted by molar-refractivity contribution is 5.81. The summed E-state index contributed by atoms with van der Waals surface area (Å²) in [6.45, 7) is -0.359. The summed E-state index contributed by atoms with van der Waals surface area (Å²) in [5.74, 6) is -0.0905. The van der Waals surface area contributed by atoms with Gasteiger partial charge in [0.25, 0.3) is 0 Å². The molecular weight excluding hydrogens is 224 g/mol. The van der Waals surface area contributed by atoms with Crippen molar-refractivity contribution in [2.75, 3.05) is 13.2 Å². The first kappa shape index (κ1) is 13.4. The first-order valence-electron chi connectivity index (χ1n) is 5.11. The van der Waals surface area contributed by atoms with Gasteiger partial charge in [-0.05, 0) is 17.7 Å². The molecule has 6 N–H and O–H groups in total. The smallest absolute Gasteiger partial charge is 0.238 e. The summed E-state index contributed by atoms with van der Waals surface area (Å²) in [6.07, 6.45) is -0.914. The van der Waals surface area contributed by atoms with Gasteiger partial charge in [-0.1, -0.05) is 12.1 Å². The highest BCUT2D eigenvalue weighted by atomic mass is 16.5. The first-order chi connectivity index (χ1) is 8.04. The quantitative estimate of drug-likeness (QED) is 0.503.